The first-order chi connectivity index (χ1) is 7.40. The van der Waals surface area contributed by atoms with E-state index in [2.05, 4.69) is 32.6 Å². The Morgan fingerprint density at radius 2 is 2.00 bits per heavy atom. The molecule has 1 fully saturated rings. The summed E-state index contributed by atoms with van der Waals surface area (Å²) in [7, 11) is 0. The van der Waals surface area contributed by atoms with Gasteiger partial charge < -0.3 is 5.11 Å². The van der Waals surface area contributed by atoms with Crippen LogP contribution < -0.4 is 0 Å². The second kappa shape index (κ2) is 5.23. The van der Waals surface area contributed by atoms with Crippen molar-refractivity contribution in [2.24, 2.45) is 11.3 Å². The molecule has 0 radical (unpaired) electrons. The summed E-state index contributed by atoms with van der Waals surface area (Å²) in [6, 6.07) is 0. The van der Waals surface area contributed by atoms with Crippen LogP contribution in [0.5, 0.6) is 0 Å². The van der Waals surface area contributed by atoms with Crippen LogP contribution in [0.2, 0.25) is 0 Å². The third-order valence-corrected chi connectivity index (χ3v) is 3.91. The zero-order chi connectivity index (χ0) is 12.2. The summed E-state index contributed by atoms with van der Waals surface area (Å²) in [5.74, 6) is 6.42. The SMILES string of the molecule is CC#CCCC1(O)CCCCC1C(C)(C)C. The van der Waals surface area contributed by atoms with Crippen molar-refractivity contribution in [2.45, 2.75) is 71.8 Å². The molecule has 0 saturated heterocycles. The van der Waals surface area contributed by atoms with Gasteiger partial charge in [-0.1, -0.05) is 33.6 Å². The number of aliphatic hydroxyl groups is 1. The highest BCUT2D eigenvalue weighted by Crippen LogP contribution is 2.46. The molecule has 1 heteroatoms. The van der Waals surface area contributed by atoms with Crippen LogP contribution in [0.1, 0.15) is 66.2 Å². The highest BCUT2D eigenvalue weighted by molar-refractivity contribution is 5.01. The lowest BCUT2D eigenvalue weighted by Gasteiger charge is -2.47. The van der Waals surface area contributed by atoms with Gasteiger partial charge in [0.05, 0.1) is 5.60 Å². The van der Waals surface area contributed by atoms with Gasteiger partial charge in [0, 0.05) is 6.42 Å². The van der Waals surface area contributed by atoms with E-state index < -0.39 is 5.60 Å². The average molecular weight is 222 g/mol. The number of hydrogen-bond acceptors (Lipinski definition) is 1. The molecule has 0 aromatic heterocycles. The van der Waals surface area contributed by atoms with E-state index >= 15 is 0 Å². The van der Waals surface area contributed by atoms with Crippen molar-refractivity contribution in [3.63, 3.8) is 0 Å². The molecule has 0 amide bonds. The van der Waals surface area contributed by atoms with Crippen molar-refractivity contribution >= 4 is 0 Å². The van der Waals surface area contributed by atoms with Gasteiger partial charge in [0.1, 0.15) is 0 Å². The van der Waals surface area contributed by atoms with E-state index in [0.717, 1.165) is 19.3 Å². The average Bonchev–Trinajstić information content (AvgIpc) is 2.16. The quantitative estimate of drug-likeness (QED) is 0.705. The van der Waals surface area contributed by atoms with E-state index in [1.54, 1.807) is 0 Å². The highest BCUT2D eigenvalue weighted by atomic mass is 16.3. The van der Waals surface area contributed by atoms with Crippen molar-refractivity contribution < 1.29 is 5.11 Å². The molecule has 0 aromatic carbocycles. The largest absolute Gasteiger partial charge is 0.390 e. The Bertz CT molecular complexity index is 276. The van der Waals surface area contributed by atoms with Crippen LogP contribution in [0.4, 0.5) is 0 Å². The van der Waals surface area contributed by atoms with Gasteiger partial charge in [0.15, 0.2) is 0 Å². The zero-order valence-corrected chi connectivity index (χ0v) is 11.3. The predicted octanol–water partition coefficient (Wildman–Crippen LogP) is 3.76. The summed E-state index contributed by atoms with van der Waals surface area (Å²) in [6.07, 6.45) is 6.24. The van der Waals surface area contributed by atoms with Crippen LogP contribution in [0, 0.1) is 23.2 Å². The fraction of sp³-hybridized carbons (Fsp3) is 0.867. The van der Waals surface area contributed by atoms with Gasteiger partial charge in [-0.3, -0.25) is 0 Å². The fourth-order valence-corrected chi connectivity index (χ4v) is 3.16. The molecule has 16 heavy (non-hydrogen) atoms. The van der Waals surface area contributed by atoms with Crippen molar-refractivity contribution in [3.8, 4) is 11.8 Å². The molecule has 0 aliphatic heterocycles. The molecule has 2 unspecified atom stereocenters. The maximum Gasteiger partial charge on any atom is 0.0689 e. The van der Waals surface area contributed by atoms with Gasteiger partial charge in [0.2, 0.25) is 0 Å². The molecule has 1 nitrogen and oxygen atoms in total. The molecule has 0 bridgehead atoms. The normalized spacial score (nSPS) is 30.7. The molecule has 1 N–H and O–H groups in total. The smallest absolute Gasteiger partial charge is 0.0689 e. The lowest BCUT2D eigenvalue weighted by molar-refractivity contribution is -0.0938. The van der Waals surface area contributed by atoms with Crippen molar-refractivity contribution in [1.82, 2.24) is 0 Å². The van der Waals surface area contributed by atoms with Gasteiger partial charge in [0.25, 0.3) is 0 Å². The summed E-state index contributed by atoms with van der Waals surface area (Å²) < 4.78 is 0. The lowest BCUT2D eigenvalue weighted by atomic mass is 9.62. The Morgan fingerprint density at radius 1 is 1.31 bits per heavy atom. The van der Waals surface area contributed by atoms with Gasteiger partial charge in [-0.25, -0.2) is 0 Å². The minimum Gasteiger partial charge on any atom is -0.390 e. The molecular formula is C15H26O. The van der Waals surface area contributed by atoms with E-state index in [9.17, 15) is 5.11 Å². The second-order valence-electron chi connectivity index (χ2n) is 6.19. The monoisotopic (exact) mass is 222 g/mol. The predicted molar refractivity (Wildman–Crippen MR) is 69.0 cm³/mol. The third kappa shape index (κ3) is 3.25. The summed E-state index contributed by atoms with van der Waals surface area (Å²) in [6.45, 7) is 8.62. The van der Waals surface area contributed by atoms with Gasteiger partial charge >= 0.3 is 0 Å². The molecule has 1 aliphatic rings. The molecule has 0 aromatic rings. The van der Waals surface area contributed by atoms with Gasteiger partial charge in [-0.15, -0.1) is 11.8 Å². The van der Waals surface area contributed by atoms with E-state index in [-0.39, 0.29) is 5.41 Å². The van der Waals surface area contributed by atoms with Crippen LogP contribution >= 0.6 is 0 Å². The minimum atomic E-state index is -0.472. The van der Waals surface area contributed by atoms with Crippen LogP contribution in [0.15, 0.2) is 0 Å². The van der Waals surface area contributed by atoms with E-state index in [1.807, 2.05) is 6.92 Å². The third-order valence-electron chi connectivity index (χ3n) is 3.91. The first kappa shape index (κ1) is 13.6. The maximum absolute atomic E-state index is 10.8. The Balaban J connectivity index is 2.73. The first-order valence-corrected chi connectivity index (χ1v) is 6.52. The summed E-state index contributed by atoms with van der Waals surface area (Å²) in [5.41, 5.74) is -0.269. The summed E-state index contributed by atoms with van der Waals surface area (Å²) in [4.78, 5) is 0. The number of hydrogen-bond donors (Lipinski definition) is 1. The van der Waals surface area contributed by atoms with Crippen LogP contribution in [-0.2, 0) is 0 Å². The highest BCUT2D eigenvalue weighted by Gasteiger charge is 2.44. The molecular weight excluding hydrogens is 196 g/mol. The molecule has 2 atom stereocenters. The van der Waals surface area contributed by atoms with Crippen molar-refractivity contribution in [2.75, 3.05) is 0 Å². The van der Waals surface area contributed by atoms with E-state index in [0.29, 0.717) is 5.92 Å². The number of rotatable bonds is 2. The zero-order valence-electron chi connectivity index (χ0n) is 11.3. The van der Waals surface area contributed by atoms with Crippen LogP contribution in [-0.4, -0.2) is 10.7 Å². The molecule has 1 aliphatic carbocycles. The van der Waals surface area contributed by atoms with E-state index in [1.165, 1.54) is 19.3 Å². The Morgan fingerprint density at radius 3 is 2.56 bits per heavy atom. The Hall–Kier alpha value is -0.480. The van der Waals surface area contributed by atoms with Crippen molar-refractivity contribution in [3.05, 3.63) is 0 Å². The summed E-state index contributed by atoms with van der Waals surface area (Å²) >= 11 is 0. The van der Waals surface area contributed by atoms with Crippen molar-refractivity contribution in [1.29, 1.82) is 0 Å². The van der Waals surface area contributed by atoms with E-state index in [4.69, 9.17) is 0 Å². The van der Waals surface area contributed by atoms with Crippen LogP contribution in [0.25, 0.3) is 0 Å². The Labute approximate surface area is 101 Å². The fourth-order valence-electron chi connectivity index (χ4n) is 3.16. The molecule has 0 heterocycles. The molecule has 1 saturated carbocycles. The first-order valence-electron chi connectivity index (χ1n) is 6.52. The molecule has 1 rings (SSSR count). The summed E-state index contributed by atoms with van der Waals surface area (Å²) in [5, 5.41) is 10.8. The topological polar surface area (TPSA) is 20.2 Å². The maximum atomic E-state index is 10.8. The Kier molecular flexibility index (Phi) is 4.44. The second-order valence-corrected chi connectivity index (χ2v) is 6.19. The standard InChI is InChI=1S/C15H26O/c1-5-6-8-11-15(16)12-9-7-10-13(15)14(2,3)4/h13,16H,7-12H2,1-4H3. The lowest BCUT2D eigenvalue weighted by Crippen LogP contribution is -2.46. The van der Waals surface area contributed by atoms with Gasteiger partial charge in [-0.2, -0.15) is 0 Å². The molecule has 92 valence electrons. The van der Waals surface area contributed by atoms with Gasteiger partial charge in [-0.05, 0) is 37.5 Å². The van der Waals surface area contributed by atoms with Crippen LogP contribution in [0.3, 0.4) is 0 Å². The molecule has 0 spiro atoms. The minimum absolute atomic E-state index is 0.203.